The standard InChI is InChI=1S/C15H23N3OS/c16-15(19)18-8-4-7-17(9-10-18)11-12-20-13-14-5-2-1-3-6-14/h1-3,5-6H,4,7-13H2,(H2,16,19). The number of hydrogen-bond acceptors (Lipinski definition) is 3. The second-order valence-electron chi connectivity index (χ2n) is 5.06. The Hall–Kier alpha value is -1.20. The van der Waals surface area contributed by atoms with Crippen molar-refractivity contribution in [3.8, 4) is 0 Å². The quantitative estimate of drug-likeness (QED) is 0.845. The minimum Gasteiger partial charge on any atom is -0.351 e. The summed E-state index contributed by atoms with van der Waals surface area (Å²) in [7, 11) is 0. The van der Waals surface area contributed by atoms with Crippen LogP contribution < -0.4 is 5.73 Å². The summed E-state index contributed by atoms with van der Waals surface area (Å²) in [6.45, 7) is 4.65. The lowest BCUT2D eigenvalue weighted by molar-refractivity contribution is 0.208. The van der Waals surface area contributed by atoms with Crippen LogP contribution in [0.3, 0.4) is 0 Å². The lowest BCUT2D eigenvalue weighted by Gasteiger charge is -2.20. The zero-order valence-electron chi connectivity index (χ0n) is 11.8. The molecule has 0 aromatic heterocycles. The van der Waals surface area contributed by atoms with Gasteiger partial charge in [0, 0.05) is 37.7 Å². The summed E-state index contributed by atoms with van der Waals surface area (Å²) >= 11 is 1.97. The monoisotopic (exact) mass is 293 g/mol. The SMILES string of the molecule is NC(=O)N1CCCN(CCSCc2ccccc2)CC1. The molecule has 0 unspecified atom stereocenters. The molecule has 4 nitrogen and oxygen atoms in total. The molecular formula is C15H23N3OS. The molecule has 0 saturated carbocycles. The van der Waals surface area contributed by atoms with E-state index in [0.717, 1.165) is 50.7 Å². The molecule has 0 spiro atoms. The molecule has 110 valence electrons. The average Bonchev–Trinajstić information content (AvgIpc) is 2.70. The van der Waals surface area contributed by atoms with Gasteiger partial charge in [-0.2, -0.15) is 11.8 Å². The molecule has 20 heavy (non-hydrogen) atoms. The summed E-state index contributed by atoms with van der Waals surface area (Å²) in [6.07, 6.45) is 1.02. The molecule has 1 aromatic rings. The lowest BCUT2D eigenvalue weighted by atomic mass is 10.2. The van der Waals surface area contributed by atoms with E-state index in [1.54, 1.807) is 4.90 Å². The minimum absolute atomic E-state index is 0.287. The summed E-state index contributed by atoms with van der Waals surface area (Å²) in [6, 6.07) is 10.3. The van der Waals surface area contributed by atoms with E-state index in [9.17, 15) is 4.79 Å². The maximum absolute atomic E-state index is 11.2. The zero-order valence-corrected chi connectivity index (χ0v) is 12.6. The highest BCUT2D eigenvalue weighted by Gasteiger charge is 2.16. The van der Waals surface area contributed by atoms with Crippen molar-refractivity contribution in [2.75, 3.05) is 38.5 Å². The number of rotatable bonds is 5. The molecule has 1 saturated heterocycles. The van der Waals surface area contributed by atoms with Gasteiger partial charge in [-0.15, -0.1) is 0 Å². The van der Waals surface area contributed by atoms with Crippen LogP contribution >= 0.6 is 11.8 Å². The highest BCUT2D eigenvalue weighted by atomic mass is 32.2. The van der Waals surface area contributed by atoms with Gasteiger partial charge in [0.15, 0.2) is 0 Å². The van der Waals surface area contributed by atoms with E-state index >= 15 is 0 Å². The van der Waals surface area contributed by atoms with Gasteiger partial charge in [0.2, 0.25) is 0 Å². The molecule has 2 N–H and O–H groups in total. The highest BCUT2D eigenvalue weighted by Crippen LogP contribution is 2.12. The number of hydrogen-bond donors (Lipinski definition) is 1. The van der Waals surface area contributed by atoms with Crippen molar-refractivity contribution >= 4 is 17.8 Å². The van der Waals surface area contributed by atoms with E-state index < -0.39 is 0 Å². The van der Waals surface area contributed by atoms with Crippen molar-refractivity contribution in [2.45, 2.75) is 12.2 Å². The Morgan fingerprint density at radius 3 is 2.70 bits per heavy atom. The molecule has 2 amide bonds. The number of amides is 2. The van der Waals surface area contributed by atoms with Crippen molar-refractivity contribution in [3.05, 3.63) is 35.9 Å². The van der Waals surface area contributed by atoms with Crippen LogP contribution in [0.1, 0.15) is 12.0 Å². The molecule has 1 heterocycles. The Labute approximate surface area is 125 Å². The van der Waals surface area contributed by atoms with Crippen LogP contribution in [0.15, 0.2) is 30.3 Å². The van der Waals surface area contributed by atoms with Crippen molar-refractivity contribution in [1.82, 2.24) is 9.80 Å². The predicted molar refractivity (Wildman–Crippen MR) is 84.8 cm³/mol. The maximum atomic E-state index is 11.2. The fourth-order valence-corrected chi connectivity index (χ4v) is 3.33. The van der Waals surface area contributed by atoms with Crippen LogP contribution in [0.5, 0.6) is 0 Å². The lowest BCUT2D eigenvalue weighted by Crippen LogP contribution is -2.38. The molecule has 1 aliphatic rings. The van der Waals surface area contributed by atoms with Gasteiger partial charge in [-0.3, -0.25) is 0 Å². The van der Waals surface area contributed by atoms with Gasteiger partial charge in [0.1, 0.15) is 0 Å². The number of nitrogens with two attached hydrogens (primary N) is 1. The van der Waals surface area contributed by atoms with E-state index in [4.69, 9.17) is 5.73 Å². The van der Waals surface area contributed by atoms with Crippen molar-refractivity contribution in [2.24, 2.45) is 5.73 Å². The van der Waals surface area contributed by atoms with E-state index in [-0.39, 0.29) is 6.03 Å². The van der Waals surface area contributed by atoms with Crippen LogP contribution in [-0.2, 0) is 5.75 Å². The van der Waals surface area contributed by atoms with Crippen LogP contribution in [-0.4, -0.2) is 54.3 Å². The highest BCUT2D eigenvalue weighted by molar-refractivity contribution is 7.98. The van der Waals surface area contributed by atoms with E-state index in [1.165, 1.54) is 5.56 Å². The van der Waals surface area contributed by atoms with Gasteiger partial charge in [0.05, 0.1) is 0 Å². The molecular weight excluding hydrogens is 270 g/mol. The number of nitrogens with zero attached hydrogens (tertiary/aromatic N) is 2. The first-order valence-corrected chi connectivity index (χ1v) is 8.29. The second kappa shape index (κ2) is 8.17. The summed E-state index contributed by atoms with van der Waals surface area (Å²) in [5.41, 5.74) is 6.72. The van der Waals surface area contributed by atoms with E-state index in [2.05, 4.69) is 35.2 Å². The van der Waals surface area contributed by atoms with Crippen LogP contribution in [0.2, 0.25) is 0 Å². The molecule has 2 rings (SSSR count). The predicted octanol–water partition coefficient (Wildman–Crippen LogP) is 2.01. The number of primary amides is 1. The topological polar surface area (TPSA) is 49.6 Å². The molecule has 1 aliphatic heterocycles. The summed E-state index contributed by atoms with van der Waals surface area (Å²) < 4.78 is 0. The summed E-state index contributed by atoms with van der Waals surface area (Å²) in [4.78, 5) is 15.3. The Bertz CT molecular complexity index is 413. The first kappa shape index (κ1) is 15.2. The van der Waals surface area contributed by atoms with Crippen LogP contribution in [0, 0.1) is 0 Å². The third kappa shape index (κ3) is 5.06. The van der Waals surface area contributed by atoms with Gasteiger partial charge in [-0.05, 0) is 18.5 Å². The second-order valence-corrected chi connectivity index (χ2v) is 6.16. The smallest absolute Gasteiger partial charge is 0.314 e. The normalized spacial score (nSPS) is 16.9. The molecule has 1 aromatic carbocycles. The molecule has 0 bridgehead atoms. The van der Waals surface area contributed by atoms with Gasteiger partial charge in [-0.25, -0.2) is 4.79 Å². The molecule has 5 heteroatoms. The average molecular weight is 293 g/mol. The van der Waals surface area contributed by atoms with Gasteiger partial charge in [0.25, 0.3) is 0 Å². The third-order valence-corrected chi connectivity index (χ3v) is 4.57. The number of thioether (sulfide) groups is 1. The number of carbonyl (C=O) groups excluding carboxylic acids is 1. The Morgan fingerprint density at radius 2 is 1.95 bits per heavy atom. The number of carbonyl (C=O) groups is 1. The molecule has 0 atom stereocenters. The van der Waals surface area contributed by atoms with Gasteiger partial charge >= 0.3 is 6.03 Å². The largest absolute Gasteiger partial charge is 0.351 e. The van der Waals surface area contributed by atoms with E-state index in [1.807, 2.05) is 11.8 Å². The first-order valence-electron chi connectivity index (χ1n) is 7.14. The maximum Gasteiger partial charge on any atom is 0.314 e. The zero-order chi connectivity index (χ0) is 14.2. The molecule has 0 aliphatic carbocycles. The molecule has 1 fully saturated rings. The van der Waals surface area contributed by atoms with Crippen molar-refractivity contribution in [3.63, 3.8) is 0 Å². The van der Waals surface area contributed by atoms with Crippen molar-refractivity contribution in [1.29, 1.82) is 0 Å². The fourth-order valence-electron chi connectivity index (χ4n) is 2.37. The van der Waals surface area contributed by atoms with Crippen LogP contribution in [0.25, 0.3) is 0 Å². The van der Waals surface area contributed by atoms with E-state index in [0.29, 0.717) is 0 Å². The fraction of sp³-hybridized carbons (Fsp3) is 0.533. The van der Waals surface area contributed by atoms with Gasteiger partial charge < -0.3 is 15.5 Å². The summed E-state index contributed by atoms with van der Waals surface area (Å²) in [5, 5.41) is 0. The Morgan fingerprint density at radius 1 is 1.15 bits per heavy atom. The Balaban J connectivity index is 1.63. The van der Waals surface area contributed by atoms with Gasteiger partial charge in [-0.1, -0.05) is 30.3 Å². The molecule has 0 radical (unpaired) electrons. The minimum atomic E-state index is -0.287. The van der Waals surface area contributed by atoms with Crippen LogP contribution in [0.4, 0.5) is 4.79 Å². The summed E-state index contributed by atoms with van der Waals surface area (Å²) in [5.74, 6) is 2.20. The number of urea groups is 1. The number of benzene rings is 1. The van der Waals surface area contributed by atoms with Crippen molar-refractivity contribution < 1.29 is 4.79 Å². The first-order chi connectivity index (χ1) is 9.75. The Kier molecular flexibility index (Phi) is 6.21. The third-order valence-electron chi connectivity index (χ3n) is 3.56.